The topological polar surface area (TPSA) is 66.6 Å². The van der Waals surface area contributed by atoms with Crippen LogP contribution in [0, 0.1) is 5.92 Å². The van der Waals surface area contributed by atoms with Crippen LogP contribution < -0.4 is 5.73 Å². The zero-order valence-corrected chi connectivity index (χ0v) is 11.2. The molecule has 0 atom stereocenters. The minimum atomic E-state index is 0.164. The Bertz CT molecular complexity index is 426. The predicted molar refractivity (Wildman–Crippen MR) is 74.4 cm³/mol. The van der Waals surface area contributed by atoms with Crippen LogP contribution in [0.1, 0.15) is 24.0 Å². The maximum Gasteiger partial charge on any atom is 0.227 e. The number of nitrogens with two attached hydrogens (primary N) is 1. The number of piperidine rings is 1. The monoisotopic (exact) mass is 262 g/mol. The van der Waals surface area contributed by atoms with E-state index >= 15 is 0 Å². The fourth-order valence-corrected chi connectivity index (χ4v) is 2.57. The van der Waals surface area contributed by atoms with E-state index in [1.807, 2.05) is 29.2 Å². The molecule has 1 aliphatic rings. The summed E-state index contributed by atoms with van der Waals surface area (Å²) in [4.78, 5) is 14.2. The largest absolute Gasteiger partial charge is 0.396 e. The lowest BCUT2D eigenvalue weighted by Crippen LogP contribution is -2.40. The summed E-state index contributed by atoms with van der Waals surface area (Å²) in [6, 6.07) is 7.84. The first-order valence-corrected chi connectivity index (χ1v) is 6.90. The standard InChI is InChI=1S/C15H22N2O2/c16-10-14-4-2-1-3-13(14)9-15(19)17-7-5-12(11-18)6-8-17/h1-4,12,18H,5-11,16H2. The normalized spacial score (nSPS) is 16.6. The molecule has 19 heavy (non-hydrogen) atoms. The smallest absolute Gasteiger partial charge is 0.227 e. The Morgan fingerprint density at radius 1 is 1.26 bits per heavy atom. The third kappa shape index (κ3) is 3.55. The van der Waals surface area contributed by atoms with E-state index in [2.05, 4.69) is 0 Å². The number of carbonyl (C=O) groups is 1. The molecule has 3 N–H and O–H groups in total. The molecule has 4 nitrogen and oxygen atoms in total. The zero-order valence-electron chi connectivity index (χ0n) is 11.2. The second-order valence-corrected chi connectivity index (χ2v) is 5.16. The van der Waals surface area contributed by atoms with E-state index in [9.17, 15) is 4.79 Å². The maximum atomic E-state index is 12.3. The van der Waals surface area contributed by atoms with Crippen LogP contribution in [-0.2, 0) is 17.8 Å². The van der Waals surface area contributed by atoms with Crippen molar-refractivity contribution in [3.05, 3.63) is 35.4 Å². The van der Waals surface area contributed by atoms with Gasteiger partial charge in [0.15, 0.2) is 0 Å². The molecule has 0 bridgehead atoms. The summed E-state index contributed by atoms with van der Waals surface area (Å²) in [7, 11) is 0. The molecule has 0 unspecified atom stereocenters. The first-order chi connectivity index (χ1) is 9.24. The van der Waals surface area contributed by atoms with E-state index < -0.39 is 0 Å². The first-order valence-electron chi connectivity index (χ1n) is 6.90. The van der Waals surface area contributed by atoms with Gasteiger partial charge in [-0.1, -0.05) is 24.3 Å². The van der Waals surface area contributed by atoms with Gasteiger partial charge < -0.3 is 15.7 Å². The molecule has 0 aliphatic carbocycles. The summed E-state index contributed by atoms with van der Waals surface area (Å²) in [6.07, 6.45) is 2.23. The fraction of sp³-hybridized carbons (Fsp3) is 0.533. The van der Waals surface area contributed by atoms with E-state index in [-0.39, 0.29) is 12.5 Å². The Morgan fingerprint density at radius 3 is 2.47 bits per heavy atom. The molecule has 2 rings (SSSR count). The van der Waals surface area contributed by atoms with Crippen molar-refractivity contribution in [3.8, 4) is 0 Å². The molecule has 0 radical (unpaired) electrons. The summed E-state index contributed by atoms with van der Waals surface area (Å²) in [5, 5.41) is 9.10. The molecule has 104 valence electrons. The fourth-order valence-electron chi connectivity index (χ4n) is 2.57. The first kappa shape index (κ1) is 14.0. The Morgan fingerprint density at radius 2 is 1.89 bits per heavy atom. The number of likely N-dealkylation sites (tertiary alicyclic amines) is 1. The van der Waals surface area contributed by atoms with Crippen LogP contribution in [0.2, 0.25) is 0 Å². The van der Waals surface area contributed by atoms with Crippen LogP contribution in [0.25, 0.3) is 0 Å². The van der Waals surface area contributed by atoms with Crippen LogP contribution in [0.3, 0.4) is 0 Å². The molecule has 0 aromatic heterocycles. The van der Waals surface area contributed by atoms with Gasteiger partial charge in [0.1, 0.15) is 0 Å². The van der Waals surface area contributed by atoms with Gasteiger partial charge in [-0.3, -0.25) is 4.79 Å². The predicted octanol–water partition coefficient (Wildman–Crippen LogP) is 0.919. The van der Waals surface area contributed by atoms with Gasteiger partial charge in [-0.2, -0.15) is 0 Å². The average molecular weight is 262 g/mol. The zero-order chi connectivity index (χ0) is 13.7. The van der Waals surface area contributed by atoms with E-state index in [0.29, 0.717) is 18.9 Å². The van der Waals surface area contributed by atoms with Gasteiger partial charge in [0.05, 0.1) is 6.42 Å². The van der Waals surface area contributed by atoms with Gasteiger partial charge in [-0.05, 0) is 29.9 Å². The lowest BCUT2D eigenvalue weighted by molar-refractivity contribution is -0.132. The van der Waals surface area contributed by atoms with Crippen molar-refractivity contribution in [1.29, 1.82) is 0 Å². The molecule has 1 amide bonds. The number of aliphatic hydroxyl groups is 1. The van der Waals surface area contributed by atoms with Gasteiger partial charge >= 0.3 is 0 Å². The molecule has 0 spiro atoms. The number of benzene rings is 1. The van der Waals surface area contributed by atoms with Crippen molar-refractivity contribution in [2.75, 3.05) is 19.7 Å². The van der Waals surface area contributed by atoms with Crippen molar-refractivity contribution < 1.29 is 9.90 Å². The van der Waals surface area contributed by atoms with Crippen molar-refractivity contribution in [3.63, 3.8) is 0 Å². The van der Waals surface area contributed by atoms with Gasteiger partial charge in [0.25, 0.3) is 0 Å². The summed E-state index contributed by atoms with van der Waals surface area (Å²) in [5.74, 6) is 0.526. The Balaban J connectivity index is 1.94. The summed E-state index contributed by atoms with van der Waals surface area (Å²) in [5.41, 5.74) is 7.76. The van der Waals surface area contributed by atoms with Crippen LogP contribution >= 0.6 is 0 Å². The van der Waals surface area contributed by atoms with E-state index in [1.54, 1.807) is 0 Å². The minimum Gasteiger partial charge on any atom is -0.396 e. The Labute approximate surface area is 114 Å². The molecule has 4 heteroatoms. The molecular weight excluding hydrogens is 240 g/mol. The second kappa shape index (κ2) is 6.68. The maximum absolute atomic E-state index is 12.3. The number of nitrogens with zero attached hydrogens (tertiary/aromatic N) is 1. The second-order valence-electron chi connectivity index (χ2n) is 5.16. The van der Waals surface area contributed by atoms with E-state index in [0.717, 1.165) is 37.1 Å². The summed E-state index contributed by atoms with van der Waals surface area (Å²) < 4.78 is 0. The van der Waals surface area contributed by atoms with Crippen LogP contribution in [0.4, 0.5) is 0 Å². The quantitative estimate of drug-likeness (QED) is 0.848. The van der Waals surface area contributed by atoms with E-state index in [4.69, 9.17) is 10.8 Å². The van der Waals surface area contributed by atoms with Crippen molar-refractivity contribution in [2.24, 2.45) is 11.7 Å². The van der Waals surface area contributed by atoms with Crippen LogP contribution in [0.5, 0.6) is 0 Å². The number of carbonyl (C=O) groups excluding carboxylic acids is 1. The van der Waals surface area contributed by atoms with Crippen LogP contribution in [-0.4, -0.2) is 35.6 Å². The number of rotatable bonds is 4. The van der Waals surface area contributed by atoms with Crippen molar-refractivity contribution in [2.45, 2.75) is 25.8 Å². The highest BCUT2D eigenvalue weighted by molar-refractivity contribution is 5.79. The lowest BCUT2D eigenvalue weighted by atomic mass is 9.97. The molecular formula is C15H22N2O2. The highest BCUT2D eigenvalue weighted by atomic mass is 16.3. The third-order valence-corrected chi connectivity index (χ3v) is 3.91. The Hall–Kier alpha value is -1.39. The van der Waals surface area contributed by atoms with Gasteiger partial charge in [-0.15, -0.1) is 0 Å². The number of amides is 1. The van der Waals surface area contributed by atoms with E-state index in [1.165, 1.54) is 0 Å². The van der Waals surface area contributed by atoms with Crippen molar-refractivity contribution in [1.82, 2.24) is 4.90 Å². The highest BCUT2D eigenvalue weighted by Gasteiger charge is 2.22. The van der Waals surface area contributed by atoms with Gasteiger partial charge in [0.2, 0.25) is 5.91 Å². The van der Waals surface area contributed by atoms with Crippen molar-refractivity contribution >= 4 is 5.91 Å². The van der Waals surface area contributed by atoms with Gasteiger partial charge in [0, 0.05) is 26.2 Å². The molecule has 1 aromatic rings. The molecule has 1 saturated heterocycles. The van der Waals surface area contributed by atoms with Crippen LogP contribution in [0.15, 0.2) is 24.3 Å². The molecule has 1 aliphatic heterocycles. The number of hydrogen-bond acceptors (Lipinski definition) is 3. The molecule has 1 fully saturated rings. The highest BCUT2D eigenvalue weighted by Crippen LogP contribution is 2.18. The average Bonchev–Trinajstić information content (AvgIpc) is 2.48. The minimum absolute atomic E-state index is 0.164. The summed E-state index contributed by atoms with van der Waals surface area (Å²) in [6.45, 7) is 2.22. The molecule has 1 aromatic carbocycles. The number of aliphatic hydroxyl groups excluding tert-OH is 1. The lowest BCUT2D eigenvalue weighted by Gasteiger charge is -2.31. The SMILES string of the molecule is NCc1ccccc1CC(=O)N1CCC(CO)CC1. The van der Waals surface area contributed by atoms with Gasteiger partial charge in [-0.25, -0.2) is 0 Å². The molecule has 0 saturated carbocycles. The Kier molecular flexibility index (Phi) is 4.93. The summed E-state index contributed by atoms with van der Waals surface area (Å²) >= 11 is 0. The molecule has 1 heterocycles. The third-order valence-electron chi connectivity index (χ3n) is 3.91. The number of hydrogen-bond donors (Lipinski definition) is 2.